The highest BCUT2D eigenvalue weighted by molar-refractivity contribution is 5.92. The van der Waals surface area contributed by atoms with E-state index in [1.807, 2.05) is 36.4 Å². The molecule has 0 radical (unpaired) electrons. The molecule has 0 saturated heterocycles. The fourth-order valence-electron chi connectivity index (χ4n) is 1.62. The van der Waals surface area contributed by atoms with E-state index >= 15 is 0 Å². The van der Waals surface area contributed by atoms with Crippen molar-refractivity contribution in [3.05, 3.63) is 77.7 Å². The molecule has 0 fully saturated rings. The lowest BCUT2D eigenvalue weighted by molar-refractivity contribution is -0.133. The van der Waals surface area contributed by atoms with Crippen LogP contribution in [-0.2, 0) is 4.79 Å². The van der Waals surface area contributed by atoms with E-state index in [1.165, 1.54) is 0 Å². The lowest BCUT2D eigenvalue weighted by Crippen LogP contribution is -2.13. The molecule has 0 bridgehead atoms. The summed E-state index contributed by atoms with van der Waals surface area (Å²) in [6.45, 7) is 0. The van der Waals surface area contributed by atoms with Crippen molar-refractivity contribution in [3.63, 3.8) is 0 Å². The van der Waals surface area contributed by atoms with E-state index in [9.17, 15) is 9.90 Å². The van der Waals surface area contributed by atoms with Gasteiger partial charge >= 0.3 is 5.97 Å². The molecular weight excluding hydrogens is 200 g/mol. The minimum atomic E-state index is -0.905. The Bertz CT molecular complexity index is 423. The molecule has 2 aromatic carbocycles. The minimum absolute atomic E-state index is 0.334. The maximum atomic E-state index is 11.3. The van der Waals surface area contributed by atoms with E-state index in [0.717, 1.165) is 11.1 Å². The fourth-order valence-corrected chi connectivity index (χ4v) is 1.62. The van der Waals surface area contributed by atoms with Crippen LogP contribution in [0.1, 0.15) is 11.1 Å². The molecule has 0 aromatic heterocycles. The predicted octanol–water partition coefficient (Wildman–Crippen LogP) is 2.74. The first-order valence-corrected chi connectivity index (χ1v) is 5.00. The minimum Gasteiger partial charge on any atom is -0.472 e. The van der Waals surface area contributed by atoms with Crippen molar-refractivity contribution in [1.29, 1.82) is 0 Å². The molecule has 0 aliphatic carbocycles. The highest BCUT2D eigenvalue weighted by Gasteiger charge is 2.27. The quantitative estimate of drug-likeness (QED) is 0.792. The molecule has 2 nitrogen and oxygen atoms in total. The molecule has 0 spiro atoms. The van der Waals surface area contributed by atoms with Gasteiger partial charge in [0, 0.05) is 24.3 Å². The third-order valence-electron chi connectivity index (χ3n) is 2.34. The average Bonchev–Trinajstić information content (AvgIpc) is 2.31. The Morgan fingerprint density at radius 1 is 0.812 bits per heavy atom. The summed E-state index contributed by atoms with van der Waals surface area (Å²) < 4.78 is 0. The molecule has 2 rings (SSSR count). The van der Waals surface area contributed by atoms with Gasteiger partial charge in [-0.05, 0) is 36.4 Å². The van der Waals surface area contributed by atoms with Gasteiger partial charge in [-0.25, -0.2) is 4.79 Å². The van der Waals surface area contributed by atoms with Crippen LogP contribution in [0.4, 0.5) is 0 Å². The van der Waals surface area contributed by atoms with Crippen molar-refractivity contribution in [2.45, 2.75) is 0 Å². The third-order valence-corrected chi connectivity index (χ3v) is 2.34. The summed E-state index contributed by atoms with van der Waals surface area (Å²) in [4.78, 5) is 11.3. The highest BCUT2D eigenvalue weighted by atomic mass is 16.4. The molecule has 0 atom stereocenters. The number of hydrogen-bond acceptors (Lipinski definition) is 1. The zero-order chi connectivity index (χ0) is 11.4. The largest absolute Gasteiger partial charge is 0.472 e. The van der Waals surface area contributed by atoms with Crippen LogP contribution in [0, 0.1) is 5.92 Å². The molecule has 78 valence electrons. The maximum Gasteiger partial charge on any atom is 0.373 e. The van der Waals surface area contributed by atoms with Gasteiger partial charge in [-0.1, -0.05) is 0 Å². The summed E-state index contributed by atoms with van der Waals surface area (Å²) in [5.41, 5.74) is 1.45. The van der Waals surface area contributed by atoms with Crippen molar-refractivity contribution in [2.24, 2.45) is 0 Å². The van der Waals surface area contributed by atoms with E-state index in [0.29, 0.717) is 5.92 Å². The number of carbonyl (C=O) groups is 1. The molecule has 0 aliphatic rings. The highest BCUT2D eigenvalue weighted by Crippen LogP contribution is 2.23. The number of carboxylic acid groups (broad SMARTS) is 1. The lowest BCUT2D eigenvalue weighted by atomic mass is 9.92. The Kier molecular flexibility index (Phi) is 2.92. The standard InChI is InChI=1S/C14H10O2/c15-14(16)13(11-7-3-1-4-8-11)12-9-5-2-6-10-12/h1-10H/p+1. The number of carboxylic acids is 1. The van der Waals surface area contributed by atoms with E-state index in [4.69, 9.17) is 0 Å². The van der Waals surface area contributed by atoms with Crippen molar-refractivity contribution < 1.29 is 9.90 Å². The summed E-state index contributed by atoms with van der Waals surface area (Å²) in [5.74, 6) is -0.571. The molecule has 0 unspecified atom stereocenters. The zero-order valence-electron chi connectivity index (χ0n) is 8.63. The van der Waals surface area contributed by atoms with Crippen molar-refractivity contribution in [2.75, 3.05) is 0 Å². The van der Waals surface area contributed by atoms with Gasteiger partial charge in [-0.15, -0.1) is 0 Å². The Hall–Kier alpha value is -2.22. The van der Waals surface area contributed by atoms with Gasteiger partial charge in [0.25, 0.3) is 0 Å². The van der Waals surface area contributed by atoms with Crippen LogP contribution in [0.25, 0.3) is 0 Å². The molecule has 0 heterocycles. The number of hydrogen-bond donors (Lipinski definition) is 1. The van der Waals surface area contributed by atoms with Crippen LogP contribution in [0.3, 0.4) is 0 Å². The number of aliphatic carboxylic acids is 1. The van der Waals surface area contributed by atoms with E-state index in [1.54, 1.807) is 24.3 Å². The van der Waals surface area contributed by atoms with Gasteiger partial charge < -0.3 is 5.11 Å². The average molecular weight is 211 g/mol. The van der Waals surface area contributed by atoms with Crippen LogP contribution < -0.4 is 0 Å². The van der Waals surface area contributed by atoms with Crippen LogP contribution >= 0.6 is 0 Å². The summed E-state index contributed by atoms with van der Waals surface area (Å²) in [7, 11) is 0. The maximum absolute atomic E-state index is 11.3. The molecule has 16 heavy (non-hydrogen) atoms. The molecule has 0 aliphatic heterocycles. The monoisotopic (exact) mass is 211 g/mol. The predicted molar refractivity (Wildman–Crippen MR) is 62.0 cm³/mol. The Morgan fingerprint density at radius 2 is 1.19 bits per heavy atom. The Balaban J connectivity index is 2.44. The van der Waals surface area contributed by atoms with E-state index < -0.39 is 5.97 Å². The first-order valence-electron chi connectivity index (χ1n) is 5.00. The Labute approximate surface area is 94.2 Å². The van der Waals surface area contributed by atoms with Gasteiger partial charge in [0.2, 0.25) is 0 Å². The van der Waals surface area contributed by atoms with Crippen LogP contribution in [0.5, 0.6) is 0 Å². The van der Waals surface area contributed by atoms with Gasteiger partial charge in [0.05, 0.1) is 11.1 Å². The van der Waals surface area contributed by atoms with Crippen LogP contribution in [-0.4, -0.2) is 11.1 Å². The van der Waals surface area contributed by atoms with Crippen LogP contribution in [0.2, 0.25) is 0 Å². The molecular formula is C14H11O2+. The summed E-state index contributed by atoms with van der Waals surface area (Å²) in [6.07, 6.45) is 0. The number of rotatable bonds is 3. The summed E-state index contributed by atoms with van der Waals surface area (Å²) in [6, 6.07) is 18.3. The molecule has 2 aromatic rings. The van der Waals surface area contributed by atoms with Crippen molar-refractivity contribution >= 4 is 5.97 Å². The smallest absolute Gasteiger partial charge is 0.373 e. The normalized spacial score (nSPS) is 9.75. The molecule has 2 heteroatoms. The van der Waals surface area contributed by atoms with Crippen LogP contribution in [0.15, 0.2) is 60.7 Å². The molecule has 0 amide bonds. The fraction of sp³-hybridized carbons (Fsp3) is 0. The number of benzene rings is 2. The van der Waals surface area contributed by atoms with Gasteiger partial charge in [-0.3, -0.25) is 0 Å². The van der Waals surface area contributed by atoms with E-state index in [2.05, 4.69) is 0 Å². The SMILES string of the molecule is O=C(O)[C+](c1ccccc1)c1ccccc1. The van der Waals surface area contributed by atoms with Crippen molar-refractivity contribution in [1.82, 2.24) is 0 Å². The second-order valence-corrected chi connectivity index (χ2v) is 3.41. The molecule has 1 N–H and O–H groups in total. The topological polar surface area (TPSA) is 37.3 Å². The second-order valence-electron chi connectivity index (χ2n) is 3.41. The van der Waals surface area contributed by atoms with Gasteiger partial charge in [-0.2, -0.15) is 0 Å². The first-order chi connectivity index (χ1) is 7.79. The van der Waals surface area contributed by atoms with E-state index in [-0.39, 0.29) is 0 Å². The Morgan fingerprint density at radius 3 is 1.50 bits per heavy atom. The zero-order valence-corrected chi connectivity index (χ0v) is 8.63. The summed E-state index contributed by atoms with van der Waals surface area (Å²) >= 11 is 0. The molecule has 0 saturated carbocycles. The second kappa shape index (κ2) is 4.53. The lowest BCUT2D eigenvalue weighted by Gasteiger charge is -2.05. The summed E-state index contributed by atoms with van der Waals surface area (Å²) in [5, 5.41) is 9.24. The third kappa shape index (κ3) is 2.06. The first kappa shape index (κ1) is 10.3. The van der Waals surface area contributed by atoms with Gasteiger partial charge in [0.15, 0.2) is 5.92 Å². The van der Waals surface area contributed by atoms with Crippen molar-refractivity contribution in [3.8, 4) is 0 Å². The van der Waals surface area contributed by atoms with Gasteiger partial charge in [0.1, 0.15) is 0 Å².